The molecule has 0 radical (unpaired) electrons. The first-order valence-electron chi connectivity index (χ1n) is 5.14. The second-order valence-electron chi connectivity index (χ2n) is 3.72. The third kappa shape index (κ3) is 2.12. The van der Waals surface area contributed by atoms with Gasteiger partial charge in [0.05, 0.1) is 12.3 Å². The number of nitrogens with zero attached hydrogens (tertiary/aromatic N) is 3. The van der Waals surface area contributed by atoms with Gasteiger partial charge in [-0.1, -0.05) is 0 Å². The summed E-state index contributed by atoms with van der Waals surface area (Å²) in [5, 5.41) is 16.5. The quantitative estimate of drug-likeness (QED) is 0.668. The molecular weight excluding hydrogens is 206 g/mol. The Balaban J connectivity index is 2.12. The van der Waals surface area contributed by atoms with Crippen LogP contribution in [0.25, 0.3) is 5.52 Å². The van der Waals surface area contributed by atoms with E-state index in [1.54, 1.807) is 30.0 Å². The van der Waals surface area contributed by atoms with Gasteiger partial charge in [-0.2, -0.15) is 5.10 Å². The largest absolute Gasteiger partial charge is 0.392 e. The minimum absolute atomic E-state index is 0.315. The number of anilines is 1. The van der Waals surface area contributed by atoms with E-state index in [0.717, 1.165) is 11.3 Å². The molecule has 0 aromatic carbocycles. The second-order valence-corrected chi connectivity index (χ2v) is 3.72. The van der Waals surface area contributed by atoms with E-state index in [-0.39, 0.29) is 6.04 Å². The smallest absolute Gasteiger partial charge is 0.152 e. The summed E-state index contributed by atoms with van der Waals surface area (Å²) in [5.74, 6) is 0.719. The van der Waals surface area contributed by atoms with Crippen LogP contribution in [0.3, 0.4) is 0 Å². The Morgan fingerprint density at radius 1 is 1.56 bits per heavy atom. The predicted octanol–water partition coefficient (Wildman–Crippen LogP) is -0.151. The Kier molecular flexibility index (Phi) is 3.02. The highest BCUT2D eigenvalue weighted by Crippen LogP contribution is 2.11. The van der Waals surface area contributed by atoms with Crippen molar-refractivity contribution in [2.45, 2.75) is 19.1 Å². The van der Waals surface area contributed by atoms with Gasteiger partial charge in [-0.3, -0.25) is 0 Å². The number of aliphatic hydroxyl groups excluding tert-OH is 1. The van der Waals surface area contributed by atoms with Crippen LogP contribution in [-0.2, 0) is 0 Å². The lowest BCUT2D eigenvalue weighted by molar-refractivity contribution is 0.168. The fourth-order valence-electron chi connectivity index (χ4n) is 1.38. The molecule has 6 nitrogen and oxygen atoms in total. The molecule has 2 atom stereocenters. The number of aromatic nitrogens is 3. The van der Waals surface area contributed by atoms with Crippen molar-refractivity contribution in [2.75, 3.05) is 11.9 Å². The molecule has 86 valence electrons. The topological polar surface area (TPSA) is 88.5 Å². The van der Waals surface area contributed by atoms with Crippen LogP contribution in [0, 0.1) is 0 Å². The first-order valence-corrected chi connectivity index (χ1v) is 5.14. The highest BCUT2D eigenvalue weighted by molar-refractivity contribution is 5.66. The number of nitrogens with one attached hydrogen (secondary N) is 1. The van der Waals surface area contributed by atoms with Crippen molar-refractivity contribution >= 4 is 11.3 Å². The van der Waals surface area contributed by atoms with Gasteiger partial charge in [0, 0.05) is 25.0 Å². The van der Waals surface area contributed by atoms with Crippen molar-refractivity contribution in [2.24, 2.45) is 5.73 Å². The van der Waals surface area contributed by atoms with Crippen molar-refractivity contribution in [3.8, 4) is 0 Å². The summed E-state index contributed by atoms with van der Waals surface area (Å²) in [6, 6.07) is 1.55. The van der Waals surface area contributed by atoms with Crippen LogP contribution in [0.2, 0.25) is 0 Å². The Morgan fingerprint density at radius 2 is 2.38 bits per heavy atom. The number of hydrogen-bond donors (Lipinski definition) is 3. The monoisotopic (exact) mass is 221 g/mol. The fraction of sp³-hybridized carbons (Fsp3) is 0.400. The molecule has 2 aromatic rings. The molecule has 0 bridgehead atoms. The minimum atomic E-state index is -0.544. The van der Waals surface area contributed by atoms with E-state index in [2.05, 4.69) is 15.4 Å². The third-order valence-electron chi connectivity index (χ3n) is 2.45. The van der Waals surface area contributed by atoms with Gasteiger partial charge in [0.1, 0.15) is 5.52 Å². The molecule has 2 unspecified atom stereocenters. The fourth-order valence-corrected chi connectivity index (χ4v) is 1.38. The van der Waals surface area contributed by atoms with E-state index >= 15 is 0 Å². The summed E-state index contributed by atoms with van der Waals surface area (Å²) < 4.78 is 1.73. The molecule has 0 spiro atoms. The Bertz CT molecular complexity index is 467. The first-order chi connectivity index (χ1) is 7.68. The Hall–Kier alpha value is -1.66. The number of rotatable bonds is 4. The number of aliphatic hydroxyl groups is 1. The van der Waals surface area contributed by atoms with E-state index < -0.39 is 6.10 Å². The van der Waals surface area contributed by atoms with Gasteiger partial charge in [0.15, 0.2) is 5.82 Å². The van der Waals surface area contributed by atoms with Gasteiger partial charge < -0.3 is 16.2 Å². The summed E-state index contributed by atoms with van der Waals surface area (Å²) in [6.07, 6.45) is 4.60. The van der Waals surface area contributed by atoms with Gasteiger partial charge in [0.25, 0.3) is 0 Å². The summed E-state index contributed by atoms with van der Waals surface area (Å²) in [4.78, 5) is 4.20. The van der Waals surface area contributed by atoms with E-state index in [0.29, 0.717) is 6.54 Å². The molecule has 4 N–H and O–H groups in total. The molecule has 2 heterocycles. The van der Waals surface area contributed by atoms with Crippen LogP contribution in [0.15, 0.2) is 24.7 Å². The van der Waals surface area contributed by atoms with Crippen molar-refractivity contribution in [1.29, 1.82) is 0 Å². The Labute approximate surface area is 93.1 Å². The highest BCUT2D eigenvalue weighted by Gasteiger charge is 2.10. The SMILES string of the molecule is CC(O)C(N)CNc1nccn2nccc12. The van der Waals surface area contributed by atoms with Crippen molar-refractivity contribution in [3.05, 3.63) is 24.7 Å². The van der Waals surface area contributed by atoms with Gasteiger partial charge in [-0.25, -0.2) is 9.50 Å². The average Bonchev–Trinajstić information content (AvgIpc) is 2.73. The van der Waals surface area contributed by atoms with Gasteiger partial charge in [-0.05, 0) is 13.0 Å². The van der Waals surface area contributed by atoms with Gasteiger partial charge >= 0.3 is 0 Å². The maximum absolute atomic E-state index is 9.27. The maximum Gasteiger partial charge on any atom is 0.152 e. The zero-order valence-electron chi connectivity index (χ0n) is 9.04. The molecule has 0 aliphatic rings. The predicted molar refractivity (Wildman–Crippen MR) is 61.1 cm³/mol. The molecule has 0 saturated carbocycles. The normalized spacial score (nSPS) is 14.9. The lowest BCUT2D eigenvalue weighted by Gasteiger charge is -2.15. The zero-order valence-corrected chi connectivity index (χ0v) is 9.04. The summed E-state index contributed by atoms with van der Waals surface area (Å²) >= 11 is 0. The molecule has 0 fully saturated rings. The highest BCUT2D eigenvalue weighted by atomic mass is 16.3. The molecule has 0 amide bonds. The molecule has 16 heavy (non-hydrogen) atoms. The van der Waals surface area contributed by atoms with E-state index in [1.807, 2.05) is 6.07 Å². The minimum Gasteiger partial charge on any atom is -0.392 e. The maximum atomic E-state index is 9.27. The summed E-state index contributed by atoms with van der Waals surface area (Å²) in [6.45, 7) is 2.13. The number of fused-ring (bicyclic) bond motifs is 1. The molecule has 0 aliphatic heterocycles. The van der Waals surface area contributed by atoms with Crippen LogP contribution >= 0.6 is 0 Å². The van der Waals surface area contributed by atoms with Crippen molar-refractivity contribution in [1.82, 2.24) is 14.6 Å². The lowest BCUT2D eigenvalue weighted by Crippen LogP contribution is -2.38. The average molecular weight is 221 g/mol. The standard InChI is InChI=1S/C10H15N5O/c1-7(16)8(11)6-13-10-9-2-3-14-15(9)5-4-12-10/h2-5,7-8,16H,6,11H2,1H3,(H,12,13). The third-order valence-corrected chi connectivity index (χ3v) is 2.45. The molecule has 2 rings (SSSR count). The van der Waals surface area contributed by atoms with Crippen LogP contribution in [0.5, 0.6) is 0 Å². The number of hydrogen-bond acceptors (Lipinski definition) is 5. The van der Waals surface area contributed by atoms with Crippen LogP contribution in [-0.4, -0.2) is 38.4 Å². The molecule has 6 heteroatoms. The van der Waals surface area contributed by atoms with Crippen LogP contribution < -0.4 is 11.1 Å². The molecular formula is C10H15N5O. The van der Waals surface area contributed by atoms with E-state index in [4.69, 9.17) is 5.73 Å². The molecule has 0 aliphatic carbocycles. The zero-order chi connectivity index (χ0) is 11.5. The summed E-state index contributed by atoms with van der Waals surface area (Å²) in [5.41, 5.74) is 6.61. The van der Waals surface area contributed by atoms with Gasteiger partial charge in [-0.15, -0.1) is 0 Å². The lowest BCUT2D eigenvalue weighted by atomic mass is 10.2. The van der Waals surface area contributed by atoms with E-state index in [9.17, 15) is 5.11 Å². The van der Waals surface area contributed by atoms with Gasteiger partial charge in [0.2, 0.25) is 0 Å². The second kappa shape index (κ2) is 4.46. The Morgan fingerprint density at radius 3 is 3.12 bits per heavy atom. The van der Waals surface area contributed by atoms with Crippen LogP contribution in [0.4, 0.5) is 5.82 Å². The molecule has 0 saturated heterocycles. The molecule has 2 aromatic heterocycles. The van der Waals surface area contributed by atoms with Crippen molar-refractivity contribution in [3.63, 3.8) is 0 Å². The first kappa shape index (κ1) is 10.8. The number of nitrogens with two attached hydrogens (primary N) is 1. The summed E-state index contributed by atoms with van der Waals surface area (Å²) in [7, 11) is 0. The van der Waals surface area contributed by atoms with E-state index in [1.165, 1.54) is 0 Å². The van der Waals surface area contributed by atoms with Crippen LogP contribution in [0.1, 0.15) is 6.92 Å². The van der Waals surface area contributed by atoms with Crippen molar-refractivity contribution < 1.29 is 5.11 Å².